The Kier molecular flexibility index (Phi) is 5.89. The molecule has 1 amide bonds. The molecule has 1 aromatic rings. The molecule has 0 saturated heterocycles. The molecule has 2 N–H and O–H groups in total. The molecule has 0 radical (unpaired) electrons. The number of hydrogen-bond donors (Lipinski definition) is 2. The van der Waals surface area contributed by atoms with Gasteiger partial charge in [-0.15, -0.1) is 0 Å². The van der Waals surface area contributed by atoms with Crippen LogP contribution in [0.2, 0.25) is 0 Å². The third kappa shape index (κ3) is 4.59. The quantitative estimate of drug-likeness (QED) is 0.840. The van der Waals surface area contributed by atoms with Gasteiger partial charge in [-0.1, -0.05) is 26.0 Å². The zero-order chi connectivity index (χ0) is 14.4. The number of rotatable bonds is 6. The van der Waals surface area contributed by atoms with Crippen LogP contribution in [0.1, 0.15) is 29.8 Å². The molecule has 19 heavy (non-hydrogen) atoms. The second-order valence-electron chi connectivity index (χ2n) is 4.66. The van der Waals surface area contributed by atoms with Crippen molar-refractivity contribution in [3.05, 3.63) is 35.4 Å². The third-order valence-electron chi connectivity index (χ3n) is 2.75. The minimum atomic E-state index is -1.01. The van der Waals surface area contributed by atoms with E-state index in [0.717, 1.165) is 11.3 Å². The SMILES string of the molecule is CSCc1ccc(C(=O)N[C@@H](C(=O)O)C(C)C)cc1. The summed E-state index contributed by atoms with van der Waals surface area (Å²) >= 11 is 1.71. The smallest absolute Gasteiger partial charge is 0.326 e. The molecule has 1 aromatic carbocycles. The molecule has 0 heterocycles. The third-order valence-corrected chi connectivity index (χ3v) is 3.37. The van der Waals surface area contributed by atoms with Gasteiger partial charge in [-0.2, -0.15) is 11.8 Å². The van der Waals surface area contributed by atoms with Crippen molar-refractivity contribution >= 4 is 23.6 Å². The number of benzene rings is 1. The van der Waals surface area contributed by atoms with Crippen molar-refractivity contribution in [2.75, 3.05) is 6.26 Å². The van der Waals surface area contributed by atoms with E-state index in [4.69, 9.17) is 5.11 Å². The van der Waals surface area contributed by atoms with Gasteiger partial charge < -0.3 is 10.4 Å². The molecule has 0 aliphatic heterocycles. The molecule has 0 unspecified atom stereocenters. The van der Waals surface area contributed by atoms with Gasteiger partial charge in [0, 0.05) is 11.3 Å². The van der Waals surface area contributed by atoms with Crippen molar-refractivity contribution < 1.29 is 14.7 Å². The fraction of sp³-hybridized carbons (Fsp3) is 0.429. The zero-order valence-electron chi connectivity index (χ0n) is 11.3. The highest BCUT2D eigenvalue weighted by Gasteiger charge is 2.23. The molecule has 0 aliphatic rings. The Hall–Kier alpha value is -1.49. The Morgan fingerprint density at radius 2 is 1.84 bits per heavy atom. The van der Waals surface area contributed by atoms with E-state index in [2.05, 4.69) is 5.32 Å². The Morgan fingerprint density at radius 1 is 1.26 bits per heavy atom. The zero-order valence-corrected chi connectivity index (χ0v) is 12.2. The summed E-state index contributed by atoms with van der Waals surface area (Å²) in [7, 11) is 0. The molecule has 1 atom stereocenters. The van der Waals surface area contributed by atoms with E-state index >= 15 is 0 Å². The molecule has 0 bridgehead atoms. The molecule has 0 aromatic heterocycles. The minimum Gasteiger partial charge on any atom is -0.480 e. The lowest BCUT2D eigenvalue weighted by Gasteiger charge is -2.17. The van der Waals surface area contributed by atoms with Crippen LogP contribution in [0.4, 0.5) is 0 Å². The van der Waals surface area contributed by atoms with Crippen LogP contribution in [-0.4, -0.2) is 29.3 Å². The van der Waals surface area contributed by atoms with Crippen LogP contribution in [-0.2, 0) is 10.5 Å². The lowest BCUT2D eigenvalue weighted by molar-refractivity contribution is -0.140. The number of carbonyl (C=O) groups excluding carboxylic acids is 1. The van der Waals surface area contributed by atoms with Crippen molar-refractivity contribution in [2.45, 2.75) is 25.6 Å². The molecule has 1 rings (SSSR count). The summed E-state index contributed by atoms with van der Waals surface area (Å²) in [5.74, 6) is -0.623. The van der Waals surface area contributed by atoms with Gasteiger partial charge in [0.15, 0.2) is 0 Å². The number of carboxylic acids is 1. The molecule has 0 fully saturated rings. The first-order valence-electron chi connectivity index (χ1n) is 6.07. The summed E-state index contributed by atoms with van der Waals surface area (Å²) in [6.45, 7) is 3.53. The normalized spacial score (nSPS) is 12.2. The minimum absolute atomic E-state index is 0.155. The Balaban J connectivity index is 2.74. The van der Waals surface area contributed by atoms with Crippen LogP contribution >= 0.6 is 11.8 Å². The van der Waals surface area contributed by atoms with E-state index in [0.29, 0.717) is 5.56 Å². The highest BCUT2D eigenvalue weighted by molar-refractivity contribution is 7.97. The largest absolute Gasteiger partial charge is 0.480 e. The second-order valence-corrected chi connectivity index (χ2v) is 5.53. The number of amides is 1. The number of aliphatic carboxylic acids is 1. The second kappa shape index (κ2) is 7.19. The molecule has 5 heteroatoms. The standard InChI is InChI=1S/C14H19NO3S/c1-9(2)12(14(17)18)15-13(16)11-6-4-10(5-7-11)8-19-3/h4-7,9,12H,8H2,1-3H3,(H,15,16)(H,17,18)/t12-/m1/s1. The highest BCUT2D eigenvalue weighted by atomic mass is 32.2. The number of nitrogens with one attached hydrogen (secondary N) is 1. The van der Waals surface area contributed by atoms with Crippen LogP contribution in [0.3, 0.4) is 0 Å². The molecule has 0 spiro atoms. The molecule has 0 saturated carbocycles. The summed E-state index contributed by atoms with van der Waals surface area (Å²) in [5, 5.41) is 11.6. The topological polar surface area (TPSA) is 66.4 Å². The number of hydrogen-bond acceptors (Lipinski definition) is 3. The lowest BCUT2D eigenvalue weighted by atomic mass is 10.0. The van der Waals surface area contributed by atoms with Crippen molar-refractivity contribution in [1.29, 1.82) is 0 Å². The first kappa shape index (κ1) is 15.6. The monoisotopic (exact) mass is 281 g/mol. The van der Waals surface area contributed by atoms with Gasteiger partial charge in [0.25, 0.3) is 5.91 Å². The average molecular weight is 281 g/mol. The van der Waals surface area contributed by atoms with Gasteiger partial charge in [0.05, 0.1) is 0 Å². The van der Waals surface area contributed by atoms with Crippen LogP contribution in [0.5, 0.6) is 0 Å². The van der Waals surface area contributed by atoms with Crippen LogP contribution in [0.15, 0.2) is 24.3 Å². The van der Waals surface area contributed by atoms with Crippen molar-refractivity contribution in [1.82, 2.24) is 5.32 Å². The van der Waals surface area contributed by atoms with Crippen molar-refractivity contribution in [3.63, 3.8) is 0 Å². The predicted molar refractivity (Wildman–Crippen MR) is 77.4 cm³/mol. The van der Waals surface area contributed by atoms with Crippen molar-refractivity contribution in [3.8, 4) is 0 Å². The number of carbonyl (C=O) groups is 2. The van der Waals surface area contributed by atoms with E-state index in [1.54, 1.807) is 37.7 Å². The van der Waals surface area contributed by atoms with E-state index in [-0.39, 0.29) is 11.8 Å². The molecule has 4 nitrogen and oxygen atoms in total. The summed E-state index contributed by atoms with van der Waals surface area (Å²) in [6.07, 6.45) is 2.01. The van der Waals surface area contributed by atoms with Gasteiger partial charge >= 0.3 is 5.97 Å². The van der Waals surface area contributed by atoms with Gasteiger partial charge in [-0.05, 0) is 29.9 Å². The van der Waals surface area contributed by atoms with Gasteiger partial charge in [-0.3, -0.25) is 4.79 Å². The molecular weight excluding hydrogens is 262 g/mol. The summed E-state index contributed by atoms with van der Waals surface area (Å²) in [6, 6.07) is 6.35. The van der Waals surface area contributed by atoms with Crippen LogP contribution in [0.25, 0.3) is 0 Å². The Bertz CT molecular complexity index is 443. The van der Waals surface area contributed by atoms with Crippen molar-refractivity contribution in [2.24, 2.45) is 5.92 Å². The Morgan fingerprint density at radius 3 is 2.26 bits per heavy atom. The van der Waals surface area contributed by atoms with E-state index in [1.807, 2.05) is 18.4 Å². The fourth-order valence-electron chi connectivity index (χ4n) is 1.66. The highest BCUT2D eigenvalue weighted by Crippen LogP contribution is 2.11. The number of thioether (sulfide) groups is 1. The first-order valence-corrected chi connectivity index (χ1v) is 7.46. The molecule has 104 valence electrons. The first-order chi connectivity index (χ1) is 8.95. The maximum absolute atomic E-state index is 12.0. The fourth-order valence-corrected chi connectivity index (χ4v) is 2.18. The maximum Gasteiger partial charge on any atom is 0.326 e. The van der Waals surface area contributed by atoms with Crippen LogP contribution in [0, 0.1) is 5.92 Å². The predicted octanol–water partition coefficient (Wildman–Crippen LogP) is 2.39. The molecule has 0 aliphatic carbocycles. The average Bonchev–Trinajstić information content (AvgIpc) is 2.36. The summed E-state index contributed by atoms with van der Waals surface area (Å²) in [5.41, 5.74) is 1.62. The van der Waals surface area contributed by atoms with E-state index in [9.17, 15) is 9.59 Å². The van der Waals surface area contributed by atoms with E-state index in [1.165, 1.54) is 0 Å². The lowest BCUT2D eigenvalue weighted by Crippen LogP contribution is -2.44. The summed E-state index contributed by atoms with van der Waals surface area (Å²) < 4.78 is 0. The Labute approximate surface area is 117 Å². The summed E-state index contributed by atoms with van der Waals surface area (Å²) in [4.78, 5) is 23.0. The van der Waals surface area contributed by atoms with E-state index < -0.39 is 12.0 Å². The van der Waals surface area contributed by atoms with Gasteiger partial charge in [0.2, 0.25) is 0 Å². The number of carboxylic acid groups (broad SMARTS) is 1. The van der Waals surface area contributed by atoms with Crippen LogP contribution < -0.4 is 5.32 Å². The van der Waals surface area contributed by atoms with Gasteiger partial charge in [-0.25, -0.2) is 4.79 Å². The maximum atomic E-state index is 12.0. The van der Waals surface area contributed by atoms with Gasteiger partial charge in [0.1, 0.15) is 6.04 Å². The molecular formula is C14H19NO3S.